The summed E-state index contributed by atoms with van der Waals surface area (Å²) in [5.74, 6) is -0.361. The van der Waals surface area contributed by atoms with Crippen molar-refractivity contribution < 1.29 is 9.59 Å². The molecule has 1 aromatic heterocycles. The molecule has 1 N–H and O–H groups in total. The van der Waals surface area contributed by atoms with Crippen LogP contribution in [0.25, 0.3) is 0 Å². The highest BCUT2D eigenvalue weighted by molar-refractivity contribution is 8.24. The molecule has 0 aliphatic carbocycles. The molecule has 1 aliphatic heterocycles. The van der Waals surface area contributed by atoms with Crippen molar-refractivity contribution in [3.63, 3.8) is 0 Å². The third kappa shape index (κ3) is 2.88. The summed E-state index contributed by atoms with van der Waals surface area (Å²) in [6.45, 7) is 1.89. The van der Waals surface area contributed by atoms with E-state index in [9.17, 15) is 9.59 Å². The normalized spacial score (nSPS) is 19.4. The lowest BCUT2D eigenvalue weighted by Crippen LogP contribution is -2.38. The fourth-order valence-electron chi connectivity index (χ4n) is 1.49. The van der Waals surface area contributed by atoms with E-state index in [1.807, 2.05) is 6.92 Å². The molecule has 2 heterocycles. The van der Waals surface area contributed by atoms with Crippen molar-refractivity contribution in [1.82, 2.24) is 9.88 Å². The molecular formula is C10H11N3O2S3. The Bertz CT molecular complexity index is 475. The van der Waals surface area contributed by atoms with Gasteiger partial charge < -0.3 is 5.32 Å². The van der Waals surface area contributed by atoms with Crippen LogP contribution in [0.2, 0.25) is 0 Å². The molecule has 18 heavy (non-hydrogen) atoms. The van der Waals surface area contributed by atoms with Crippen LogP contribution >= 0.6 is 35.3 Å². The van der Waals surface area contributed by atoms with Crippen LogP contribution in [0.1, 0.15) is 13.3 Å². The molecule has 2 rings (SSSR count). The van der Waals surface area contributed by atoms with Crippen molar-refractivity contribution in [1.29, 1.82) is 0 Å². The monoisotopic (exact) mass is 301 g/mol. The topological polar surface area (TPSA) is 62.3 Å². The number of nitrogens with one attached hydrogen (secondary N) is 1. The van der Waals surface area contributed by atoms with Crippen molar-refractivity contribution in [3.8, 4) is 0 Å². The summed E-state index contributed by atoms with van der Waals surface area (Å²) in [7, 11) is 0. The van der Waals surface area contributed by atoms with E-state index in [0.29, 0.717) is 15.9 Å². The first-order valence-electron chi connectivity index (χ1n) is 5.33. The molecule has 0 radical (unpaired) electrons. The van der Waals surface area contributed by atoms with E-state index in [4.69, 9.17) is 12.2 Å². The fourth-order valence-corrected chi connectivity index (χ4v) is 3.46. The minimum atomic E-state index is -0.280. The maximum atomic E-state index is 11.9. The zero-order valence-corrected chi connectivity index (χ0v) is 12.0. The average Bonchev–Trinajstić information content (AvgIpc) is 2.92. The lowest BCUT2D eigenvalue weighted by molar-refractivity contribution is -0.129. The number of rotatable bonds is 4. The van der Waals surface area contributed by atoms with Crippen molar-refractivity contribution >= 4 is 56.6 Å². The third-order valence-electron chi connectivity index (χ3n) is 2.36. The van der Waals surface area contributed by atoms with Crippen LogP contribution < -0.4 is 5.32 Å². The molecule has 0 spiro atoms. The SMILES string of the molecule is CCC1SC(=S)N(CC(=O)Nc2nccs2)C1=O. The van der Waals surface area contributed by atoms with E-state index in [1.54, 1.807) is 11.6 Å². The number of thiazole rings is 1. The maximum Gasteiger partial charge on any atom is 0.246 e. The smallest absolute Gasteiger partial charge is 0.246 e. The minimum absolute atomic E-state index is 0.0409. The number of anilines is 1. The summed E-state index contributed by atoms with van der Waals surface area (Å²) in [5, 5.41) is 4.77. The molecule has 8 heteroatoms. The molecule has 1 saturated heterocycles. The van der Waals surface area contributed by atoms with Gasteiger partial charge in [0.1, 0.15) is 10.9 Å². The molecule has 1 fully saturated rings. The molecule has 1 aromatic rings. The quantitative estimate of drug-likeness (QED) is 0.858. The predicted molar refractivity (Wildman–Crippen MR) is 76.7 cm³/mol. The number of hydrogen-bond donors (Lipinski definition) is 1. The lowest BCUT2D eigenvalue weighted by atomic mass is 10.3. The summed E-state index contributed by atoms with van der Waals surface area (Å²) < 4.78 is 0.473. The van der Waals surface area contributed by atoms with Crippen LogP contribution in [0.3, 0.4) is 0 Å². The molecule has 0 saturated carbocycles. The Hall–Kier alpha value is -0.990. The van der Waals surface area contributed by atoms with E-state index in [2.05, 4.69) is 10.3 Å². The second kappa shape index (κ2) is 5.77. The van der Waals surface area contributed by atoms with Gasteiger partial charge in [0.05, 0.1) is 5.25 Å². The summed E-state index contributed by atoms with van der Waals surface area (Å²) in [5.41, 5.74) is 0. The number of thiocarbonyl (C=S) groups is 1. The minimum Gasteiger partial charge on any atom is -0.300 e. The van der Waals surface area contributed by atoms with Gasteiger partial charge in [-0.25, -0.2) is 4.98 Å². The van der Waals surface area contributed by atoms with Gasteiger partial charge in [0.2, 0.25) is 11.8 Å². The maximum absolute atomic E-state index is 11.9. The third-order valence-corrected chi connectivity index (χ3v) is 4.80. The van der Waals surface area contributed by atoms with Crippen molar-refractivity contribution in [2.24, 2.45) is 0 Å². The molecule has 5 nitrogen and oxygen atoms in total. The average molecular weight is 301 g/mol. The van der Waals surface area contributed by atoms with E-state index >= 15 is 0 Å². The number of amides is 2. The van der Waals surface area contributed by atoms with Gasteiger partial charge in [-0.1, -0.05) is 30.9 Å². The van der Waals surface area contributed by atoms with Crippen molar-refractivity contribution in [2.75, 3.05) is 11.9 Å². The largest absolute Gasteiger partial charge is 0.300 e. The van der Waals surface area contributed by atoms with Gasteiger partial charge in [-0.05, 0) is 6.42 Å². The van der Waals surface area contributed by atoms with E-state index < -0.39 is 0 Å². The van der Waals surface area contributed by atoms with Crippen molar-refractivity contribution in [3.05, 3.63) is 11.6 Å². The Morgan fingerprint density at radius 2 is 2.44 bits per heavy atom. The van der Waals surface area contributed by atoms with E-state index in [-0.39, 0.29) is 23.6 Å². The Kier molecular flexibility index (Phi) is 4.31. The van der Waals surface area contributed by atoms with Crippen LogP contribution in [0.4, 0.5) is 5.13 Å². The molecule has 2 amide bonds. The number of carbonyl (C=O) groups excluding carboxylic acids is 2. The summed E-state index contributed by atoms with van der Waals surface area (Å²) in [6, 6.07) is 0. The van der Waals surface area contributed by atoms with Gasteiger partial charge in [0, 0.05) is 11.6 Å². The second-order valence-electron chi connectivity index (χ2n) is 3.59. The number of aromatic nitrogens is 1. The highest BCUT2D eigenvalue weighted by atomic mass is 32.2. The summed E-state index contributed by atoms with van der Waals surface area (Å²) in [6.07, 6.45) is 2.32. The highest BCUT2D eigenvalue weighted by Crippen LogP contribution is 2.29. The number of hydrogen-bond acceptors (Lipinski definition) is 6. The fraction of sp³-hybridized carbons (Fsp3) is 0.400. The number of thioether (sulfide) groups is 1. The molecule has 0 bridgehead atoms. The molecule has 1 aliphatic rings. The first-order chi connectivity index (χ1) is 8.61. The van der Waals surface area contributed by atoms with E-state index in [1.165, 1.54) is 28.0 Å². The Morgan fingerprint density at radius 3 is 3.00 bits per heavy atom. The first kappa shape index (κ1) is 13.4. The van der Waals surface area contributed by atoms with Gasteiger partial charge in [0.15, 0.2) is 5.13 Å². The Labute approximate surface area is 118 Å². The van der Waals surface area contributed by atoms with Gasteiger partial charge in [0.25, 0.3) is 0 Å². The Morgan fingerprint density at radius 1 is 1.67 bits per heavy atom. The second-order valence-corrected chi connectivity index (χ2v) is 6.32. The number of nitrogens with zero attached hydrogens (tertiary/aromatic N) is 2. The summed E-state index contributed by atoms with van der Waals surface area (Å²) in [4.78, 5) is 29.0. The van der Waals surface area contributed by atoms with Gasteiger partial charge >= 0.3 is 0 Å². The van der Waals surface area contributed by atoms with E-state index in [0.717, 1.165) is 0 Å². The first-order valence-corrected chi connectivity index (χ1v) is 7.50. The van der Waals surface area contributed by atoms with Crippen molar-refractivity contribution in [2.45, 2.75) is 18.6 Å². The van der Waals surface area contributed by atoms with Crippen LogP contribution in [-0.2, 0) is 9.59 Å². The van der Waals surface area contributed by atoms with Crippen LogP contribution in [0, 0.1) is 0 Å². The number of carbonyl (C=O) groups is 2. The standard InChI is InChI=1S/C10H11N3O2S3/c1-2-6-8(15)13(10(16)18-6)5-7(14)12-9-11-3-4-17-9/h3-4,6H,2,5H2,1H3,(H,11,12,14). The molecule has 1 atom stereocenters. The summed E-state index contributed by atoms with van der Waals surface area (Å²) >= 11 is 7.78. The Balaban J connectivity index is 1.95. The molecule has 96 valence electrons. The van der Waals surface area contributed by atoms with Gasteiger partial charge in [-0.2, -0.15) is 0 Å². The molecular weight excluding hydrogens is 290 g/mol. The van der Waals surface area contributed by atoms with Crippen LogP contribution in [-0.4, -0.2) is 37.8 Å². The lowest BCUT2D eigenvalue weighted by Gasteiger charge is -2.14. The van der Waals surface area contributed by atoms with Crippen LogP contribution in [0.15, 0.2) is 11.6 Å². The predicted octanol–water partition coefficient (Wildman–Crippen LogP) is 1.72. The van der Waals surface area contributed by atoms with Crippen LogP contribution in [0.5, 0.6) is 0 Å². The molecule has 1 unspecified atom stereocenters. The highest BCUT2D eigenvalue weighted by Gasteiger charge is 2.36. The zero-order chi connectivity index (χ0) is 13.1. The van der Waals surface area contributed by atoms with Gasteiger partial charge in [-0.3, -0.25) is 14.5 Å². The van der Waals surface area contributed by atoms with Gasteiger partial charge in [-0.15, -0.1) is 11.3 Å². The molecule has 0 aromatic carbocycles. The zero-order valence-electron chi connectivity index (χ0n) is 9.58.